The Bertz CT molecular complexity index is 390. The Hall–Kier alpha value is -1.55. The first-order valence-corrected chi connectivity index (χ1v) is 5.00. The highest BCUT2D eigenvalue weighted by Gasteiger charge is 2.20. The maximum absolute atomic E-state index is 10.8. The van der Waals surface area contributed by atoms with Crippen LogP contribution in [-0.4, -0.2) is 22.6 Å². The number of rotatable bonds is 1. The first kappa shape index (κ1) is 9.98. The molecule has 1 aliphatic heterocycles. The molecule has 0 aliphatic carbocycles. The van der Waals surface area contributed by atoms with Gasteiger partial charge in [0, 0.05) is 19.6 Å². The fraction of sp³-hybridized carbons (Fsp3) is 0.364. The zero-order valence-electron chi connectivity index (χ0n) is 8.44. The number of fused-ring (bicyclic) bond motifs is 1. The molecular weight excluding hydrogens is 192 g/mol. The van der Waals surface area contributed by atoms with Crippen molar-refractivity contribution < 1.29 is 9.90 Å². The van der Waals surface area contributed by atoms with Gasteiger partial charge in [-0.05, 0) is 23.1 Å². The highest BCUT2D eigenvalue weighted by atomic mass is 16.4. The van der Waals surface area contributed by atoms with Crippen LogP contribution in [0.2, 0.25) is 0 Å². The molecule has 0 atom stereocenters. The molecule has 2 rings (SSSR count). The molecule has 3 N–H and O–H groups in total. The Balaban J connectivity index is 2.31. The molecule has 0 saturated heterocycles. The van der Waals surface area contributed by atoms with Crippen LogP contribution in [0.3, 0.4) is 0 Å². The van der Waals surface area contributed by atoms with E-state index in [9.17, 15) is 4.79 Å². The number of hydrogen-bond donors (Lipinski definition) is 2. The van der Waals surface area contributed by atoms with E-state index in [-0.39, 0.29) is 0 Å². The van der Waals surface area contributed by atoms with Crippen LogP contribution in [0.25, 0.3) is 0 Å². The second-order valence-electron chi connectivity index (χ2n) is 3.71. The zero-order valence-corrected chi connectivity index (χ0v) is 8.44. The Morgan fingerprint density at radius 3 is 3.00 bits per heavy atom. The monoisotopic (exact) mass is 206 g/mol. The van der Waals surface area contributed by atoms with Gasteiger partial charge in [0.1, 0.15) is 0 Å². The van der Waals surface area contributed by atoms with Crippen LogP contribution in [0.4, 0.5) is 4.79 Å². The predicted octanol–water partition coefficient (Wildman–Crippen LogP) is 1.18. The second-order valence-corrected chi connectivity index (χ2v) is 3.71. The third-order valence-corrected chi connectivity index (χ3v) is 2.85. The van der Waals surface area contributed by atoms with Gasteiger partial charge in [-0.3, -0.25) is 0 Å². The number of carbonyl (C=O) groups is 1. The van der Waals surface area contributed by atoms with Crippen molar-refractivity contribution in [3.63, 3.8) is 0 Å². The van der Waals surface area contributed by atoms with Gasteiger partial charge in [-0.15, -0.1) is 0 Å². The molecule has 4 nitrogen and oxygen atoms in total. The van der Waals surface area contributed by atoms with E-state index in [4.69, 9.17) is 10.8 Å². The maximum atomic E-state index is 10.8. The van der Waals surface area contributed by atoms with Crippen molar-refractivity contribution in [1.82, 2.24) is 4.90 Å². The van der Waals surface area contributed by atoms with Gasteiger partial charge in [0.2, 0.25) is 0 Å². The van der Waals surface area contributed by atoms with Crippen molar-refractivity contribution in [1.29, 1.82) is 0 Å². The lowest BCUT2D eigenvalue weighted by Crippen LogP contribution is -2.35. The Kier molecular flexibility index (Phi) is 2.60. The van der Waals surface area contributed by atoms with E-state index in [1.165, 1.54) is 10.5 Å². The van der Waals surface area contributed by atoms with Gasteiger partial charge in [-0.25, -0.2) is 4.79 Å². The van der Waals surface area contributed by atoms with Crippen LogP contribution in [0, 0.1) is 0 Å². The lowest BCUT2D eigenvalue weighted by atomic mass is 9.95. The summed E-state index contributed by atoms with van der Waals surface area (Å²) in [6, 6.07) is 5.92. The van der Waals surface area contributed by atoms with E-state index in [0.29, 0.717) is 19.6 Å². The number of carboxylic acid groups (broad SMARTS) is 1. The number of benzene rings is 1. The lowest BCUT2D eigenvalue weighted by molar-refractivity contribution is 0.140. The summed E-state index contributed by atoms with van der Waals surface area (Å²) in [5.41, 5.74) is 9.10. The highest BCUT2D eigenvalue weighted by Crippen LogP contribution is 2.22. The number of amides is 1. The van der Waals surface area contributed by atoms with Crippen LogP contribution in [0.15, 0.2) is 18.2 Å². The molecule has 80 valence electrons. The van der Waals surface area contributed by atoms with Crippen molar-refractivity contribution in [3.05, 3.63) is 34.9 Å². The van der Waals surface area contributed by atoms with Gasteiger partial charge in [0.15, 0.2) is 0 Å². The summed E-state index contributed by atoms with van der Waals surface area (Å²) in [6.45, 7) is 1.58. The normalized spacial score (nSPS) is 14.9. The molecule has 0 radical (unpaired) electrons. The van der Waals surface area contributed by atoms with Crippen molar-refractivity contribution in [3.8, 4) is 0 Å². The molecule has 0 aromatic heterocycles. The molecule has 0 fully saturated rings. The van der Waals surface area contributed by atoms with Crippen LogP contribution in [0.1, 0.15) is 16.7 Å². The van der Waals surface area contributed by atoms with E-state index in [2.05, 4.69) is 0 Å². The molecule has 0 spiro atoms. The Morgan fingerprint density at radius 2 is 2.33 bits per heavy atom. The SMILES string of the molecule is NCc1cccc2c1CCN(C(=O)O)C2. The topological polar surface area (TPSA) is 66.6 Å². The van der Waals surface area contributed by atoms with Crippen LogP contribution >= 0.6 is 0 Å². The van der Waals surface area contributed by atoms with Crippen molar-refractivity contribution in [2.45, 2.75) is 19.5 Å². The average molecular weight is 206 g/mol. The fourth-order valence-electron chi connectivity index (χ4n) is 2.04. The number of nitrogens with zero attached hydrogens (tertiary/aromatic N) is 1. The molecule has 1 aromatic carbocycles. The zero-order chi connectivity index (χ0) is 10.8. The van der Waals surface area contributed by atoms with Crippen molar-refractivity contribution >= 4 is 6.09 Å². The number of hydrogen-bond acceptors (Lipinski definition) is 2. The van der Waals surface area contributed by atoms with Crippen LogP contribution < -0.4 is 5.73 Å². The van der Waals surface area contributed by atoms with E-state index in [1.807, 2.05) is 18.2 Å². The molecule has 15 heavy (non-hydrogen) atoms. The summed E-state index contributed by atoms with van der Waals surface area (Å²) in [6.07, 6.45) is -0.0755. The summed E-state index contributed by atoms with van der Waals surface area (Å²) < 4.78 is 0. The second kappa shape index (κ2) is 3.90. The van der Waals surface area contributed by atoms with Gasteiger partial charge < -0.3 is 15.7 Å². The molecule has 1 aliphatic rings. The average Bonchev–Trinajstić information content (AvgIpc) is 2.27. The van der Waals surface area contributed by atoms with Crippen LogP contribution in [-0.2, 0) is 19.5 Å². The standard InChI is InChI=1S/C11H14N2O2/c12-6-8-2-1-3-9-7-13(11(14)15)5-4-10(8)9/h1-3H,4-7,12H2,(H,14,15). The van der Waals surface area contributed by atoms with E-state index in [0.717, 1.165) is 17.5 Å². The molecule has 0 saturated carbocycles. The van der Waals surface area contributed by atoms with E-state index < -0.39 is 6.09 Å². The summed E-state index contributed by atoms with van der Waals surface area (Å²) in [5, 5.41) is 8.89. The third kappa shape index (κ3) is 1.80. The van der Waals surface area contributed by atoms with Crippen molar-refractivity contribution in [2.24, 2.45) is 5.73 Å². The molecule has 0 bridgehead atoms. The number of nitrogens with two attached hydrogens (primary N) is 1. The highest BCUT2D eigenvalue weighted by molar-refractivity contribution is 5.65. The predicted molar refractivity (Wildman–Crippen MR) is 56.5 cm³/mol. The van der Waals surface area contributed by atoms with Gasteiger partial charge in [0.25, 0.3) is 0 Å². The van der Waals surface area contributed by atoms with E-state index in [1.54, 1.807) is 0 Å². The van der Waals surface area contributed by atoms with Gasteiger partial charge in [0.05, 0.1) is 0 Å². The molecule has 1 amide bonds. The molecule has 1 heterocycles. The minimum atomic E-state index is -0.848. The van der Waals surface area contributed by atoms with E-state index >= 15 is 0 Å². The summed E-state index contributed by atoms with van der Waals surface area (Å²) in [7, 11) is 0. The molecule has 4 heteroatoms. The van der Waals surface area contributed by atoms with Crippen LogP contribution in [0.5, 0.6) is 0 Å². The third-order valence-electron chi connectivity index (χ3n) is 2.85. The minimum Gasteiger partial charge on any atom is -0.465 e. The fourth-order valence-corrected chi connectivity index (χ4v) is 2.04. The summed E-state index contributed by atoms with van der Waals surface area (Å²) in [5.74, 6) is 0. The smallest absolute Gasteiger partial charge is 0.407 e. The van der Waals surface area contributed by atoms with Gasteiger partial charge in [-0.2, -0.15) is 0 Å². The Morgan fingerprint density at radius 1 is 1.53 bits per heavy atom. The minimum absolute atomic E-state index is 0.485. The first-order valence-electron chi connectivity index (χ1n) is 5.00. The van der Waals surface area contributed by atoms with Crippen molar-refractivity contribution in [2.75, 3.05) is 6.54 Å². The molecule has 0 unspecified atom stereocenters. The summed E-state index contributed by atoms with van der Waals surface area (Å²) >= 11 is 0. The van der Waals surface area contributed by atoms with Gasteiger partial charge >= 0.3 is 6.09 Å². The largest absolute Gasteiger partial charge is 0.465 e. The quantitative estimate of drug-likeness (QED) is 0.725. The maximum Gasteiger partial charge on any atom is 0.407 e. The molecule has 1 aromatic rings. The van der Waals surface area contributed by atoms with Gasteiger partial charge in [-0.1, -0.05) is 18.2 Å². The lowest BCUT2D eigenvalue weighted by Gasteiger charge is -2.27. The summed E-state index contributed by atoms with van der Waals surface area (Å²) in [4.78, 5) is 12.3. The first-order chi connectivity index (χ1) is 7.22. The molecular formula is C11H14N2O2. The Labute approximate surface area is 88.3 Å².